The van der Waals surface area contributed by atoms with Crippen molar-refractivity contribution in [3.05, 3.63) is 169 Å². The predicted octanol–water partition coefficient (Wildman–Crippen LogP) is 12.5. The van der Waals surface area contributed by atoms with Gasteiger partial charge in [0.1, 0.15) is 0 Å². The molecule has 0 nitrogen and oxygen atoms in total. The molecule has 0 heteroatoms. The second-order valence-corrected chi connectivity index (χ2v) is 13.0. The molecule has 0 fully saturated rings. The van der Waals surface area contributed by atoms with Gasteiger partial charge in [0.15, 0.2) is 0 Å². The Morgan fingerprint density at radius 2 is 0.778 bits per heavy atom. The highest BCUT2D eigenvalue weighted by Crippen LogP contribution is 2.49. The van der Waals surface area contributed by atoms with Crippen LogP contribution in [0.2, 0.25) is 0 Å². The lowest BCUT2D eigenvalue weighted by Gasteiger charge is -2.22. The molecular weight excluding hydrogens is 540 g/mol. The van der Waals surface area contributed by atoms with E-state index in [-0.39, 0.29) is 5.41 Å². The summed E-state index contributed by atoms with van der Waals surface area (Å²) in [6.07, 6.45) is 0. The first-order valence-corrected chi connectivity index (χ1v) is 15.8. The van der Waals surface area contributed by atoms with Crippen LogP contribution < -0.4 is 0 Å². The van der Waals surface area contributed by atoms with Gasteiger partial charge in [-0.3, -0.25) is 0 Å². The molecule has 9 rings (SSSR count). The molecule has 0 saturated carbocycles. The van der Waals surface area contributed by atoms with Crippen molar-refractivity contribution in [2.24, 2.45) is 0 Å². The summed E-state index contributed by atoms with van der Waals surface area (Å²) in [7, 11) is 0. The molecule has 0 amide bonds. The van der Waals surface area contributed by atoms with E-state index in [4.69, 9.17) is 0 Å². The largest absolute Gasteiger partial charge is 0.0619 e. The molecule has 1 aliphatic rings. The van der Waals surface area contributed by atoms with Crippen LogP contribution >= 0.6 is 0 Å². The summed E-state index contributed by atoms with van der Waals surface area (Å²) >= 11 is 0. The van der Waals surface area contributed by atoms with Gasteiger partial charge in [-0.2, -0.15) is 0 Å². The zero-order valence-electron chi connectivity index (χ0n) is 25.5. The average Bonchev–Trinajstić information content (AvgIpc) is 3.32. The zero-order chi connectivity index (χ0) is 30.1. The highest BCUT2D eigenvalue weighted by molar-refractivity contribution is 6.00. The highest BCUT2D eigenvalue weighted by Gasteiger charge is 2.35. The van der Waals surface area contributed by atoms with E-state index in [1.807, 2.05) is 0 Å². The Bertz CT molecular complexity index is 2450. The second kappa shape index (κ2) is 9.78. The molecule has 0 bridgehead atoms. The molecule has 8 aromatic carbocycles. The minimum atomic E-state index is 0.00500. The van der Waals surface area contributed by atoms with Gasteiger partial charge in [0.05, 0.1) is 0 Å². The van der Waals surface area contributed by atoms with E-state index in [9.17, 15) is 0 Å². The summed E-state index contributed by atoms with van der Waals surface area (Å²) < 4.78 is 0. The van der Waals surface area contributed by atoms with Gasteiger partial charge in [-0.15, -0.1) is 0 Å². The van der Waals surface area contributed by atoms with Crippen molar-refractivity contribution in [2.75, 3.05) is 0 Å². The van der Waals surface area contributed by atoms with Gasteiger partial charge in [-0.05, 0) is 118 Å². The van der Waals surface area contributed by atoms with Crippen LogP contribution in [0.1, 0.15) is 25.0 Å². The Morgan fingerprint density at radius 1 is 0.311 bits per heavy atom. The standard InChI is InChI=1S/C45H32/c1-45(2)43-13-6-5-11-41(43)42-23-22-37(28-44(42)45)35-18-16-31-24-30(14-15-33(31)26-35)32-17-19-36-27-38(21-20-34(36)25-32)40-12-7-9-29-8-3-4-10-39(29)40/h3-28H,1-2H3. The number of benzene rings is 8. The summed E-state index contributed by atoms with van der Waals surface area (Å²) in [5, 5.41) is 7.61. The number of hydrogen-bond acceptors (Lipinski definition) is 0. The molecule has 0 aliphatic heterocycles. The van der Waals surface area contributed by atoms with E-state index in [2.05, 4.69) is 172 Å². The lowest BCUT2D eigenvalue weighted by molar-refractivity contribution is 0.660. The second-order valence-electron chi connectivity index (χ2n) is 13.0. The van der Waals surface area contributed by atoms with Crippen LogP contribution in [0, 0.1) is 0 Å². The lowest BCUT2D eigenvalue weighted by Crippen LogP contribution is -2.14. The number of rotatable bonds is 3. The van der Waals surface area contributed by atoms with Crippen molar-refractivity contribution in [3.8, 4) is 44.5 Å². The minimum Gasteiger partial charge on any atom is -0.0619 e. The molecule has 0 aromatic heterocycles. The molecule has 0 atom stereocenters. The Morgan fingerprint density at radius 3 is 1.47 bits per heavy atom. The van der Waals surface area contributed by atoms with E-state index >= 15 is 0 Å². The SMILES string of the molecule is CC1(C)c2ccccc2-c2ccc(-c3ccc4cc(-c5ccc6cc(-c7cccc8ccccc78)ccc6c5)ccc4c3)cc21. The third-order valence-electron chi connectivity index (χ3n) is 10.0. The van der Waals surface area contributed by atoms with E-state index in [1.54, 1.807) is 0 Å². The zero-order valence-corrected chi connectivity index (χ0v) is 25.5. The molecule has 0 unspecified atom stereocenters. The van der Waals surface area contributed by atoms with Crippen LogP contribution in [-0.4, -0.2) is 0 Å². The van der Waals surface area contributed by atoms with E-state index in [0.717, 1.165) is 0 Å². The molecule has 0 heterocycles. The molecule has 212 valence electrons. The number of hydrogen-bond donors (Lipinski definition) is 0. The first-order chi connectivity index (χ1) is 22.0. The van der Waals surface area contributed by atoms with Crippen molar-refractivity contribution in [2.45, 2.75) is 19.3 Å². The smallest absolute Gasteiger partial charge is 0.0159 e. The molecule has 8 aromatic rings. The van der Waals surface area contributed by atoms with Gasteiger partial charge in [-0.25, -0.2) is 0 Å². The Kier molecular flexibility index (Phi) is 5.64. The molecule has 1 aliphatic carbocycles. The van der Waals surface area contributed by atoms with Gasteiger partial charge in [0, 0.05) is 5.41 Å². The van der Waals surface area contributed by atoms with Crippen LogP contribution in [0.4, 0.5) is 0 Å². The topological polar surface area (TPSA) is 0 Å². The van der Waals surface area contributed by atoms with Crippen LogP contribution in [0.25, 0.3) is 76.8 Å². The summed E-state index contributed by atoms with van der Waals surface area (Å²) in [6.45, 7) is 4.69. The Hall–Kier alpha value is -5.46. The van der Waals surface area contributed by atoms with Crippen LogP contribution in [-0.2, 0) is 5.41 Å². The molecule has 45 heavy (non-hydrogen) atoms. The Labute approximate surface area is 264 Å². The molecule has 0 spiro atoms. The van der Waals surface area contributed by atoms with Crippen molar-refractivity contribution in [1.82, 2.24) is 0 Å². The fourth-order valence-corrected chi connectivity index (χ4v) is 7.56. The van der Waals surface area contributed by atoms with Crippen molar-refractivity contribution >= 4 is 32.3 Å². The van der Waals surface area contributed by atoms with Gasteiger partial charge >= 0.3 is 0 Å². The summed E-state index contributed by atoms with van der Waals surface area (Å²) in [5.41, 5.74) is 13.1. The maximum atomic E-state index is 2.41. The van der Waals surface area contributed by atoms with Crippen molar-refractivity contribution < 1.29 is 0 Å². The van der Waals surface area contributed by atoms with E-state index in [1.165, 1.54) is 88.0 Å². The average molecular weight is 573 g/mol. The van der Waals surface area contributed by atoms with Gasteiger partial charge in [-0.1, -0.05) is 141 Å². The molecule has 0 radical (unpaired) electrons. The van der Waals surface area contributed by atoms with Gasteiger partial charge in [0.25, 0.3) is 0 Å². The predicted molar refractivity (Wildman–Crippen MR) is 193 cm³/mol. The normalized spacial score (nSPS) is 13.3. The monoisotopic (exact) mass is 572 g/mol. The number of fused-ring (bicyclic) bond motifs is 6. The third-order valence-corrected chi connectivity index (χ3v) is 10.0. The van der Waals surface area contributed by atoms with Crippen LogP contribution in [0.5, 0.6) is 0 Å². The maximum Gasteiger partial charge on any atom is 0.0159 e. The molecule has 0 saturated heterocycles. The first-order valence-electron chi connectivity index (χ1n) is 15.8. The first kappa shape index (κ1) is 26.0. The highest BCUT2D eigenvalue weighted by atomic mass is 14.4. The summed E-state index contributed by atoms with van der Waals surface area (Å²) in [4.78, 5) is 0. The van der Waals surface area contributed by atoms with Crippen molar-refractivity contribution in [3.63, 3.8) is 0 Å². The lowest BCUT2D eigenvalue weighted by atomic mass is 9.81. The fourth-order valence-electron chi connectivity index (χ4n) is 7.56. The molecule has 0 N–H and O–H groups in total. The van der Waals surface area contributed by atoms with E-state index in [0.29, 0.717) is 0 Å². The fraction of sp³-hybridized carbons (Fsp3) is 0.0667. The van der Waals surface area contributed by atoms with Crippen molar-refractivity contribution in [1.29, 1.82) is 0 Å². The van der Waals surface area contributed by atoms with Gasteiger partial charge < -0.3 is 0 Å². The molecular formula is C45H32. The summed E-state index contributed by atoms with van der Waals surface area (Å²) in [6, 6.07) is 58.5. The quantitative estimate of drug-likeness (QED) is 0.197. The van der Waals surface area contributed by atoms with Crippen LogP contribution in [0.15, 0.2) is 158 Å². The summed E-state index contributed by atoms with van der Waals surface area (Å²) in [5.74, 6) is 0. The van der Waals surface area contributed by atoms with Crippen LogP contribution in [0.3, 0.4) is 0 Å². The Balaban J connectivity index is 1.04. The third kappa shape index (κ3) is 4.14. The van der Waals surface area contributed by atoms with E-state index < -0.39 is 0 Å². The minimum absolute atomic E-state index is 0.00500. The van der Waals surface area contributed by atoms with Gasteiger partial charge in [0.2, 0.25) is 0 Å². The maximum absolute atomic E-state index is 2.41.